The van der Waals surface area contributed by atoms with Gasteiger partial charge in [-0.3, -0.25) is 0 Å². The van der Waals surface area contributed by atoms with E-state index >= 15 is 0 Å². The molecule has 57 heavy (non-hydrogen) atoms. The third-order valence-corrected chi connectivity index (χ3v) is 13.1. The van der Waals surface area contributed by atoms with Crippen LogP contribution < -0.4 is 4.90 Å². The molecule has 0 spiro atoms. The maximum atomic E-state index is 2.65. The molecule has 7 aromatic carbocycles. The van der Waals surface area contributed by atoms with Crippen molar-refractivity contribution < 1.29 is 0 Å². The lowest BCUT2D eigenvalue weighted by molar-refractivity contribution is 0.652. The smallest absolute Gasteiger partial charge is 0.0562 e. The molecule has 2 heteroatoms. The van der Waals surface area contributed by atoms with E-state index in [1.807, 2.05) is 0 Å². The summed E-state index contributed by atoms with van der Waals surface area (Å²) in [6.07, 6.45) is 16.3. The predicted molar refractivity (Wildman–Crippen MR) is 242 cm³/mol. The Kier molecular flexibility index (Phi) is 7.26. The highest BCUT2D eigenvalue weighted by molar-refractivity contribution is 6.16. The zero-order chi connectivity index (χ0) is 37.6. The van der Waals surface area contributed by atoms with Crippen molar-refractivity contribution in [2.24, 2.45) is 5.92 Å². The van der Waals surface area contributed by atoms with Crippen LogP contribution in [-0.4, -0.2) is 4.57 Å². The van der Waals surface area contributed by atoms with Crippen molar-refractivity contribution in [3.63, 3.8) is 0 Å². The standard InChI is InChI=1S/C55H42N2/c1-35-31-37-17-5-6-18-38(37)33-51(35)56(50-28-14-25-47-54(50)46-24-13-20-40-32-39-19-7-8-22-43(39)55(47)53(40)46)41-29-30-45-44-23-10-12-27-49(44)57(52(45)34-41)48-26-11-9-21-42(48)36-15-3-2-4-16-36/h2-8,10,12-24,26-30,32-35,47H,9,11,25,31H2,1H3. The summed E-state index contributed by atoms with van der Waals surface area (Å²) < 4.78 is 2.55. The van der Waals surface area contributed by atoms with E-state index in [0.29, 0.717) is 5.92 Å². The largest absolute Gasteiger partial charge is 0.314 e. The van der Waals surface area contributed by atoms with Gasteiger partial charge in [0.15, 0.2) is 0 Å². The third kappa shape index (κ3) is 4.90. The number of hydrogen-bond acceptors (Lipinski definition) is 1. The van der Waals surface area contributed by atoms with Crippen LogP contribution in [0, 0.1) is 5.92 Å². The van der Waals surface area contributed by atoms with Gasteiger partial charge in [0.05, 0.1) is 11.0 Å². The molecule has 0 saturated heterocycles. The molecule has 272 valence electrons. The van der Waals surface area contributed by atoms with Crippen LogP contribution in [0.3, 0.4) is 0 Å². The van der Waals surface area contributed by atoms with Crippen molar-refractivity contribution in [2.75, 3.05) is 4.90 Å². The van der Waals surface area contributed by atoms with Gasteiger partial charge in [-0.1, -0.05) is 146 Å². The summed E-state index contributed by atoms with van der Waals surface area (Å²) in [6.45, 7) is 2.42. The van der Waals surface area contributed by atoms with E-state index in [2.05, 4.69) is 192 Å². The van der Waals surface area contributed by atoms with E-state index in [0.717, 1.165) is 25.7 Å². The lowest BCUT2D eigenvalue weighted by Crippen LogP contribution is -2.29. The monoisotopic (exact) mass is 730 g/mol. The zero-order valence-corrected chi connectivity index (χ0v) is 32.1. The van der Waals surface area contributed by atoms with E-state index in [1.54, 1.807) is 0 Å². The first-order valence-corrected chi connectivity index (χ1v) is 20.7. The molecular weight excluding hydrogens is 689 g/mol. The molecular formula is C55H42N2. The molecule has 2 unspecified atom stereocenters. The third-order valence-electron chi connectivity index (χ3n) is 13.1. The second-order valence-corrected chi connectivity index (χ2v) is 16.3. The Bertz CT molecular complexity index is 3150. The minimum Gasteiger partial charge on any atom is -0.314 e. The molecule has 0 radical (unpaired) electrons. The topological polar surface area (TPSA) is 8.17 Å². The fourth-order valence-corrected chi connectivity index (χ4v) is 10.7. The number of anilines is 1. The van der Waals surface area contributed by atoms with Crippen LogP contribution in [0.2, 0.25) is 0 Å². The first-order valence-electron chi connectivity index (χ1n) is 20.7. The average Bonchev–Trinajstić information content (AvgIpc) is 3.78. The normalized spacial score (nSPS) is 18.5. The number of nitrogens with zero attached hydrogens (tertiary/aromatic N) is 2. The van der Waals surface area contributed by atoms with Gasteiger partial charge in [-0.15, -0.1) is 0 Å². The van der Waals surface area contributed by atoms with E-state index < -0.39 is 0 Å². The molecule has 0 N–H and O–H groups in total. The lowest BCUT2D eigenvalue weighted by Gasteiger charge is -2.37. The zero-order valence-electron chi connectivity index (χ0n) is 32.1. The second kappa shape index (κ2) is 12.7. The number of rotatable bonds is 5. The van der Waals surface area contributed by atoms with Crippen LogP contribution >= 0.6 is 0 Å². The second-order valence-electron chi connectivity index (χ2n) is 16.3. The molecule has 0 saturated carbocycles. The molecule has 1 heterocycles. The molecule has 0 fully saturated rings. The van der Waals surface area contributed by atoms with Gasteiger partial charge in [0.1, 0.15) is 0 Å². The molecule has 0 bridgehead atoms. The molecule has 8 aromatic rings. The maximum Gasteiger partial charge on any atom is 0.0562 e. The van der Waals surface area contributed by atoms with Gasteiger partial charge < -0.3 is 9.47 Å². The Labute approximate surface area is 333 Å². The number of aromatic nitrogens is 1. The maximum absolute atomic E-state index is 2.65. The van der Waals surface area contributed by atoms with Crippen molar-refractivity contribution in [3.8, 4) is 0 Å². The quantitative estimate of drug-likeness (QED) is 0.160. The van der Waals surface area contributed by atoms with Gasteiger partial charge in [0, 0.05) is 51.0 Å². The molecule has 0 aliphatic heterocycles. The molecule has 4 aliphatic carbocycles. The van der Waals surface area contributed by atoms with Crippen LogP contribution in [-0.2, 0) is 6.42 Å². The minimum absolute atomic E-state index is 0.284. The van der Waals surface area contributed by atoms with Gasteiger partial charge in [0.2, 0.25) is 0 Å². The van der Waals surface area contributed by atoms with E-state index in [1.165, 1.54) is 105 Å². The summed E-state index contributed by atoms with van der Waals surface area (Å²) in [4.78, 5) is 2.65. The van der Waals surface area contributed by atoms with Crippen molar-refractivity contribution >= 4 is 72.0 Å². The number of benzene rings is 7. The number of para-hydroxylation sites is 1. The van der Waals surface area contributed by atoms with Crippen molar-refractivity contribution in [3.05, 3.63) is 209 Å². The van der Waals surface area contributed by atoms with Gasteiger partial charge in [-0.25, -0.2) is 0 Å². The van der Waals surface area contributed by atoms with E-state index in [4.69, 9.17) is 0 Å². The minimum atomic E-state index is 0.284. The molecule has 0 amide bonds. The van der Waals surface area contributed by atoms with Gasteiger partial charge in [-0.2, -0.15) is 0 Å². The van der Waals surface area contributed by atoms with Crippen LogP contribution in [0.1, 0.15) is 59.9 Å². The van der Waals surface area contributed by atoms with E-state index in [-0.39, 0.29) is 5.92 Å². The average molecular weight is 731 g/mol. The lowest BCUT2D eigenvalue weighted by atomic mass is 9.83. The van der Waals surface area contributed by atoms with Crippen LogP contribution in [0.25, 0.3) is 66.3 Å². The highest BCUT2D eigenvalue weighted by Crippen LogP contribution is 2.55. The summed E-state index contributed by atoms with van der Waals surface area (Å²) in [5.41, 5.74) is 17.2. The fourth-order valence-electron chi connectivity index (χ4n) is 10.7. The Morgan fingerprint density at radius 3 is 2.35 bits per heavy atom. The first-order chi connectivity index (χ1) is 28.2. The van der Waals surface area contributed by atoms with Crippen molar-refractivity contribution in [1.29, 1.82) is 0 Å². The predicted octanol–water partition coefficient (Wildman–Crippen LogP) is 14.3. The molecule has 4 aliphatic rings. The molecule has 1 aromatic heterocycles. The van der Waals surface area contributed by atoms with Gasteiger partial charge >= 0.3 is 0 Å². The van der Waals surface area contributed by atoms with Crippen LogP contribution in [0.5, 0.6) is 0 Å². The fraction of sp³-hybridized carbons (Fsp3) is 0.127. The highest BCUT2D eigenvalue weighted by atomic mass is 15.2. The Balaban J connectivity index is 1.14. The van der Waals surface area contributed by atoms with Gasteiger partial charge in [0.25, 0.3) is 0 Å². The summed E-state index contributed by atoms with van der Waals surface area (Å²) in [5.74, 6) is 0.601. The van der Waals surface area contributed by atoms with Gasteiger partial charge in [-0.05, 0) is 117 Å². The summed E-state index contributed by atoms with van der Waals surface area (Å²) in [5, 5.41) is 8.03. The summed E-state index contributed by atoms with van der Waals surface area (Å²) in [7, 11) is 0. The number of allylic oxidation sites excluding steroid dienone is 8. The summed E-state index contributed by atoms with van der Waals surface area (Å²) in [6, 6.07) is 54.5. The number of hydrogen-bond donors (Lipinski definition) is 0. The first kappa shape index (κ1) is 32.6. The highest BCUT2D eigenvalue weighted by Gasteiger charge is 2.37. The molecule has 2 atom stereocenters. The summed E-state index contributed by atoms with van der Waals surface area (Å²) >= 11 is 0. The van der Waals surface area contributed by atoms with Crippen molar-refractivity contribution in [2.45, 2.75) is 38.5 Å². The van der Waals surface area contributed by atoms with E-state index in [9.17, 15) is 0 Å². The van der Waals surface area contributed by atoms with Crippen molar-refractivity contribution in [1.82, 2.24) is 4.57 Å². The molecule has 2 nitrogen and oxygen atoms in total. The van der Waals surface area contributed by atoms with Crippen LogP contribution in [0.4, 0.5) is 5.69 Å². The Morgan fingerprint density at radius 1 is 0.649 bits per heavy atom. The van der Waals surface area contributed by atoms with Crippen LogP contribution in [0.15, 0.2) is 181 Å². The molecule has 12 rings (SSSR count). The number of fused-ring (bicyclic) bond motifs is 9. The Morgan fingerprint density at radius 2 is 1.42 bits per heavy atom. The Hall–Kier alpha value is -6.64. The SMILES string of the molecule is CC1Cc2ccccc2C=C1N(C1=C2c3cccc4cc5ccccc5c(c34)C2CC=C1)c1ccc2c3ccccc3n(C3=CCCC=C3c3ccccc3)c2c1.